The fourth-order valence-corrected chi connectivity index (χ4v) is 1.12. The second-order valence-electron chi connectivity index (χ2n) is 2.50. The lowest BCUT2D eigenvalue weighted by molar-refractivity contribution is -0.820. The lowest BCUT2D eigenvalue weighted by Gasteiger charge is -2.36. The van der Waals surface area contributed by atoms with E-state index in [4.69, 9.17) is 5.26 Å². The van der Waals surface area contributed by atoms with Gasteiger partial charge >= 0.3 is 6.19 Å². The molecule has 0 aromatic carbocycles. The second-order valence-corrected chi connectivity index (χ2v) is 2.50. The summed E-state index contributed by atoms with van der Waals surface area (Å²) in [6.07, 6.45) is 4.70. The summed E-state index contributed by atoms with van der Waals surface area (Å²) < 4.78 is -0.625. The Morgan fingerprint density at radius 2 is 1.78 bits per heavy atom. The average Bonchev–Trinajstić information content (AvgIpc) is 1.90. The molecule has 1 heterocycles. The molecule has 9 heavy (non-hydrogen) atoms. The summed E-state index contributed by atoms with van der Waals surface area (Å²) in [4.78, 5) is 0. The molecule has 1 rings (SSSR count). The van der Waals surface area contributed by atoms with E-state index < -0.39 is 4.65 Å². The predicted molar refractivity (Wildman–Crippen MR) is 32.8 cm³/mol. The van der Waals surface area contributed by atoms with Gasteiger partial charge in [-0.2, -0.15) is 0 Å². The first-order valence-corrected chi connectivity index (χ1v) is 3.26. The van der Waals surface area contributed by atoms with Crippen LogP contribution in [0.4, 0.5) is 0 Å². The van der Waals surface area contributed by atoms with Crippen LogP contribution < -0.4 is 0 Å². The third kappa shape index (κ3) is 1.41. The molecule has 1 fully saturated rings. The van der Waals surface area contributed by atoms with Crippen molar-refractivity contribution in [2.24, 2.45) is 0 Å². The average molecular weight is 126 g/mol. The van der Waals surface area contributed by atoms with Gasteiger partial charge in [0.2, 0.25) is 0 Å². The van der Waals surface area contributed by atoms with E-state index >= 15 is 0 Å². The van der Waals surface area contributed by atoms with Crippen molar-refractivity contribution in [1.82, 2.24) is 0 Å². The van der Waals surface area contributed by atoms with Crippen molar-refractivity contribution in [2.75, 3.05) is 13.1 Å². The van der Waals surface area contributed by atoms with Crippen LogP contribution in [0, 0.1) is 16.7 Å². The minimum atomic E-state index is -0.625. The molecule has 50 valence electrons. The number of piperidine rings is 1. The van der Waals surface area contributed by atoms with Gasteiger partial charge in [0.1, 0.15) is 0 Å². The molecule has 0 atom stereocenters. The van der Waals surface area contributed by atoms with Gasteiger partial charge in [-0.25, -0.2) is 0 Å². The van der Waals surface area contributed by atoms with Crippen LogP contribution in [0.25, 0.3) is 0 Å². The topological polar surface area (TPSA) is 46.8 Å². The standard InChI is InChI=1S/C6H10N2O/c7-6-8(9)4-2-1-3-5-8/h1-5H2. The third-order valence-corrected chi connectivity index (χ3v) is 1.72. The van der Waals surface area contributed by atoms with Crippen molar-refractivity contribution in [1.29, 1.82) is 5.26 Å². The Hall–Kier alpha value is -0.590. The van der Waals surface area contributed by atoms with Crippen molar-refractivity contribution >= 4 is 0 Å². The number of nitriles is 1. The SMILES string of the molecule is N#C[N+]1([O-])CCCCC1. The van der Waals surface area contributed by atoms with Gasteiger partial charge in [0.25, 0.3) is 0 Å². The van der Waals surface area contributed by atoms with Crippen LogP contribution >= 0.6 is 0 Å². The molecule has 3 heteroatoms. The molecule has 0 amide bonds. The smallest absolute Gasteiger partial charge is 0.308 e. The van der Waals surface area contributed by atoms with E-state index in [0.717, 1.165) is 19.3 Å². The van der Waals surface area contributed by atoms with E-state index in [1.54, 1.807) is 6.19 Å². The van der Waals surface area contributed by atoms with Crippen LogP contribution in [-0.2, 0) is 0 Å². The molecular weight excluding hydrogens is 116 g/mol. The molecule has 0 bridgehead atoms. The van der Waals surface area contributed by atoms with E-state index in [0.29, 0.717) is 13.1 Å². The van der Waals surface area contributed by atoms with Gasteiger partial charge in [-0.15, -0.1) is 5.26 Å². The number of hydroxylamine groups is 3. The number of likely N-dealkylation sites (tertiary alicyclic amines) is 1. The molecule has 0 saturated carbocycles. The fourth-order valence-electron chi connectivity index (χ4n) is 1.12. The summed E-state index contributed by atoms with van der Waals surface area (Å²) in [7, 11) is 0. The van der Waals surface area contributed by atoms with Crippen LogP contribution in [0.2, 0.25) is 0 Å². The van der Waals surface area contributed by atoms with Crippen LogP contribution in [0.1, 0.15) is 19.3 Å². The van der Waals surface area contributed by atoms with Crippen LogP contribution in [0.15, 0.2) is 0 Å². The molecular formula is C6H10N2O. The van der Waals surface area contributed by atoms with Gasteiger partial charge in [0.05, 0.1) is 13.1 Å². The zero-order valence-corrected chi connectivity index (χ0v) is 5.34. The number of hydrogen-bond acceptors (Lipinski definition) is 2. The molecule has 3 nitrogen and oxygen atoms in total. The Morgan fingerprint density at radius 3 is 2.11 bits per heavy atom. The summed E-state index contributed by atoms with van der Waals surface area (Å²) in [6.45, 7) is 0.993. The molecule has 1 aliphatic heterocycles. The van der Waals surface area contributed by atoms with Crippen molar-refractivity contribution in [3.8, 4) is 6.19 Å². The molecule has 0 radical (unpaired) electrons. The molecule has 0 spiro atoms. The number of quaternary nitrogens is 1. The highest BCUT2D eigenvalue weighted by Gasteiger charge is 2.19. The zero-order chi connectivity index (χ0) is 6.74. The van der Waals surface area contributed by atoms with Gasteiger partial charge < -0.3 is 5.21 Å². The van der Waals surface area contributed by atoms with Crippen molar-refractivity contribution in [2.45, 2.75) is 19.3 Å². The van der Waals surface area contributed by atoms with Gasteiger partial charge in [0.15, 0.2) is 0 Å². The predicted octanol–water partition coefficient (Wildman–Crippen LogP) is 0.966. The molecule has 1 saturated heterocycles. The normalized spacial score (nSPS) is 24.9. The van der Waals surface area contributed by atoms with Crippen LogP contribution in [-0.4, -0.2) is 17.7 Å². The lowest BCUT2D eigenvalue weighted by Crippen LogP contribution is -2.41. The van der Waals surface area contributed by atoms with Crippen molar-refractivity contribution in [3.05, 3.63) is 5.21 Å². The number of nitrogens with zero attached hydrogens (tertiary/aromatic N) is 2. The van der Waals surface area contributed by atoms with E-state index in [1.807, 2.05) is 0 Å². The van der Waals surface area contributed by atoms with E-state index in [9.17, 15) is 5.21 Å². The van der Waals surface area contributed by atoms with E-state index in [2.05, 4.69) is 0 Å². The Bertz CT molecular complexity index is 132. The van der Waals surface area contributed by atoms with Gasteiger partial charge in [0, 0.05) is 0 Å². The molecule has 1 aliphatic rings. The van der Waals surface area contributed by atoms with Gasteiger partial charge in [-0.1, -0.05) is 0 Å². The maximum Gasteiger partial charge on any atom is 0.308 e. The summed E-state index contributed by atoms with van der Waals surface area (Å²) in [5, 5.41) is 19.4. The Morgan fingerprint density at radius 1 is 1.22 bits per heavy atom. The lowest BCUT2D eigenvalue weighted by atomic mass is 10.1. The maximum atomic E-state index is 11.1. The summed E-state index contributed by atoms with van der Waals surface area (Å²) in [5.74, 6) is 0. The molecule has 0 aromatic heterocycles. The molecule has 0 aliphatic carbocycles. The van der Waals surface area contributed by atoms with E-state index in [1.165, 1.54) is 0 Å². The first kappa shape index (κ1) is 6.53. The summed E-state index contributed by atoms with van der Waals surface area (Å²) in [5.41, 5.74) is 0. The third-order valence-electron chi connectivity index (χ3n) is 1.72. The molecule has 0 unspecified atom stereocenters. The van der Waals surface area contributed by atoms with Gasteiger partial charge in [-0.3, -0.25) is 4.65 Å². The first-order chi connectivity index (χ1) is 4.27. The largest absolute Gasteiger partial charge is 0.617 e. The Kier molecular flexibility index (Phi) is 1.70. The maximum absolute atomic E-state index is 11.1. The monoisotopic (exact) mass is 126 g/mol. The minimum absolute atomic E-state index is 0.497. The zero-order valence-electron chi connectivity index (χ0n) is 5.34. The quantitative estimate of drug-likeness (QED) is 0.276. The fraction of sp³-hybridized carbons (Fsp3) is 0.833. The highest BCUT2D eigenvalue weighted by atomic mass is 16.5. The Balaban J connectivity index is 2.49. The summed E-state index contributed by atoms with van der Waals surface area (Å²) in [6, 6.07) is 0. The highest BCUT2D eigenvalue weighted by molar-refractivity contribution is 4.63. The van der Waals surface area contributed by atoms with Crippen LogP contribution in [0.3, 0.4) is 0 Å². The van der Waals surface area contributed by atoms with Crippen molar-refractivity contribution < 1.29 is 4.65 Å². The van der Waals surface area contributed by atoms with Crippen LogP contribution in [0.5, 0.6) is 0 Å². The second kappa shape index (κ2) is 2.34. The minimum Gasteiger partial charge on any atom is -0.617 e. The van der Waals surface area contributed by atoms with Gasteiger partial charge in [-0.05, 0) is 19.3 Å². The Labute approximate surface area is 54.7 Å². The highest BCUT2D eigenvalue weighted by Crippen LogP contribution is 2.14. The first-order valence-electron chi connectivity index (χ1n) is 3.26. The molecule has 0 N–H and O–H groups in total. The number of rotatable bonds is 0. The van der Waals surface area contributed by atoms with E-state index in [-0.39, 0.29) is 0 Å². The van der Waals surface area contributed by atoms with Crippen molar-refractivity contribution in [3.63, 3.8) is 0 Å². The summed E-state index contributed by atoms with van der Waals surface area (Å²) >= 11 is 0. The number of hydrogen-bond donors (Lipinski definition) is 0. The molecule has 0 aromatic rings.